The summed E-state index contributed by atoms with van der Waals surface area (Å²) in [5.74, 6) is 5.81. The van der Waals surface area contributed by atoms with Gasteiger partial charge < -0.3 is 0 Å². The molecule has 3 heteroatoms. The monoisotopic (exact) mass is 296 g/mol. The van der Waals surface area contributed by atoms with Crippen molar-refractivity contribution in [2.45, 2.75) is 25.8 Å². The molecule has 1 heterocycles. The zero-order valence-electron chi connectivity index (χ0n) is 12.2. The maximum Gasteiger partial charge on any atom is 0.0477 e. The molecule has 0 fully saturated rings. The van der Waals surface area contributed by atoms with Crippen LogP contribution in [0, 0.1) is 6.92 Å². The van der Waals surface area contributed by atoms with Crippen LogP contribution >= 0.6 is 11.3 Å². The predicted octanol–water partition coefficient (Wildman–Crippen LogP) is 4.35. The van der Waals surface area contributed by atoms with Crippen LogP contribution in [0.3, 0.4) is 0 Å². The lowest BCUT2D eigenvalue weighted by Gasteiger charge is -2.17. The van der Waals surface area contributed by atoms with E-state index in [2.05, 4.69) is 66.3 Å². The molecule has 1 unspecified atom stereocenters. The number of hydrazine groups is 1. The van der Waals surface area contributed by atoms with E-state index in [-0.39, 0.29) is 6.04 Å². The highest BCUT2D eigenvalue weighted by Crippen LogP contribution is 2.30. The first-order valence-electron chi connectivity index (χ1n) is 7.26. The van der Waals surface area contributed by atoms with Gasteiger partial charge in [0.25, 0.3) is 0 Å². The third-order valence-electron chi connectivity index (χ3n) is 3.89. The minimum absolute atomic E-state index is 0.188. The van der Waals surface area contributed by atoms with Crippen molar-refractivity contribution in [2.75, 3.05) is 0 Å². The molecule has 2 aromatic carbocycles. The topological polar surface area (TPSA) is 38.0 Å². The molecule has 0 spiro atoms. The zero-order chi connectivity index (χ0) is 14.7. The van der Waals surface area contributed by atoms with Crippen LogP contribution < -0.4 is 11.3 Å². The summed E-state index contributed by atoms with van der Waals surface area (Å²) in [5, 5.41) is 3.44. The van der Waals surface area contributed by atoms with Gasteiger partial charge in [-0.1, -0.05) is 48.0 Å². The van der Waals surface area contributed by atoms with Crippen molar-refractivity contribution in [1.82, 2.24) is 5.43 Å². The van der Waals surface area contributed by atoms with Gasteiger partial charge in [-0.05, 0) is 47.7 Å². The average Bonchev–Trinajstić information content (AvgIpc) is 2.97. The largest absolute Gasteiger partial charge is 0.271 e. The summed E-state index contributed by atoms with van der Waals surface area (Å²) < 4.78 is 1.34. The van der Waals surface area contributed by atoms with E-state index >= 15 is 0 Å². The minimum Gasteiger partial charge on any atom is -0.271 e. The van der Waals surface area contributed by atoms with Crippen molar-refractivity contribution >= 4 is 21.4 Å². The molecule has 0 aliphatic rings. The highest BCUT2D eigenvalue weighted by atomic mass is 32.1. The maximum atomic E-state index is 5.81. The van der Waals surface area contributed by atoms with Crippen LogP contribution in [0.25, 0.3) is 10.1 Å². The van der Waals surface area contributed by atoms with Crippen molar-refractivity contribution in [3.8, 4) is 0 Å². The van der Waals surface area contributed by atoms with E-state index < -0.39 is 0 Å². The number of fused-ring (bicyclic) bond motifs is 1. The van der Waals surface area contributed by atoms with Gasteiger partial charge in [-0.25, -0.2) is 0 Å². The van der Waals surface area contributed by atoms with E-state index in [0.717, 1.165) is 12.8 Å². The molecule has 0 radical (unpaired) electrons. The molecule has 0 aliphatic carbocycles. The molecule has 3 aromatic rings. The molecule has 0 bridgehead atoms. The molecule has 3 rings (SSSR count). The van der Waals surface area contributed by atoms with Gasteiger partial charge in [0.15, 0.2) is 0 Å². The van der Waals surface area contributed by atoms with Gasteiger partial charge in [0, 0.05) is 10.7 Å². The number of aryl methyl sites for hydroxylation is 2. The van der Waals surface area contributed by atoms with Gasteiger partial charge in [0.1, 0.15) is 0 Å². The van der Waals surface area contributed by atoms with Gasteiger partial charge >= 0.3 is 0 Å². The summed E-state index contributed by atoms with van der Waals surface area (Å²) in [6.45, 7) is 2.13. The van der Waals surface area contributed by atoms with Crippen LogP contribution in [0.15, 0.2) is 53.9 Å². The van der Waals surface area contributed by atoms with Gasteiger partial charge in [-0.2, -0.15) is 0 Å². The molecule has 0 saturated heterocycles. The number of rotatable bonds is 5. The maximum absolute atomic E-state index is 5.81. The second-order valence-corrected chi connectivity index (χ2v) is 6.35. The Morgan fingerprint density at radius 1 is 1.14 bits per heavy atom. The number of hydrogen-bond acceptors (Lipinski definition) is 3. The highest BCUT2D eigenvalue weighted by molar-refractivity contribution is 7.17. The van der Waals surface area contributed by atoms with Gasteiger partial charge in [-0.3, -0.25) is 11.3 Å². The van der Waals surface area contributed by atoms with Crippen LogP contribution in [0.4, 0.5) is 0 Å². The smallest absolute Gasteiger partial charge is 0.0477 e. The van der Waals surface area contributed by atoms with Crippen molar-refractivity contribution in [3.05, 3.63) is 70.6 Å². The quantitative estimate of drug-likeness (QED) is 0.543. The first-order chi connectivity index (χ1) is 10.3. The molecule has 2 nitrogen and oxygen atoms in total. The standard InChI is InChI=1S/C18H20N2S/c1-13-4-2-5-14(12-13)8-9-17(20-19)16-7-3-6-15-10-11-21-18(15)16/h2-7,10-12,17,20H,8-9,19H2,1H3. The number of nitrogens with two attached hydrogens (primary N) is 1. The second-order valence-electron chi connectivity index (χ2n) is 5.43. The lowest BCUT2D eigenvalue weighted by atomic mass is 9.98. The molecular weight excluding hydrogens is 276 g/mol. The Morgan fingerprint density at radius 3 is 2.81 bits per heavy atom. The minimum atomic E-state index is 0.188. The van der Waals surface area contributed by atoms with Gasteiger partial charge in [-0.15, -0.1) is 11.3 Å². The van der Waals surface area contributed by atoms with Crippen molar-refractivity contribution in [1.29, 1.82) is 0 Å². The lowest BCUT2D eigenvalue weighted by molar-refractivity contribution is 0.520. The number of benzene rings is 2. The van der Waals surface area contributed by atoms with Crippen molar-refractivity contribution in [2.24, 2.45) is 5.84 Å². The fourth-order valence-corrected chi connectivity index (χ4v) is 3.77. The Balaban J connectivity index is 1.80. The normalized spacial score (nSPS) is 12.7. The fraction of sp³-hybridized carbons (Fsp3) is 0.222. The first-order valence-corrected chi connectivity index (χ1v) is 8.13. The van der Waals surface area contributed by atoms with E-state index in [1.165, 1.54) is 26.8 Å². The summed E-state index contributed by atoms with van der Waals surface area (Å²) in [4.78, 5) is 0. The summed E-state index contributed by atoms with van der Waals surface area (Å²) in [5.41, 5.74) is 6.97. The Morgan fingerprint density at radius 2 is 2.00 bits per heavy atom. The number of thiophene rings is 1. The summed E-state index contributed by atoms with van der Waals surface area (Å²) in [7, 11) is 0. The van der Waals surface area contributed by atoms with Gasteiger partial charge in [0.05, 0.1) is 0 Å². The zero-order valence-corrected chi connectivity index (χ0v) is 13.0. The Labute approximate surface area is 129 Å². The van der Waals surface area contributed by atoms with Crippen LogP contribution in [0.2, 0.25) is 0 Å². The average molecular weight is 296 g/mol. The Kier molecular flexibility index (Phi) is 4.34. The van der Waals surface area contributed by atoms with Crippen molar-refractivity contribution in [3.63, 3.8) is 0 Å². The Bertz CT molecular complexity index is 733. The molecule has 0 amide bonds. The molecule has 21 heavy (non-hydrogen) atoms. The summed E-state index contributed by atoms with van der Waals surface area (Å²) in [6, 6.07) is 17.5. The van der Waals surface area contributed by atoms with E-state index in [0.29, 0.717) is 0 Å². The molecule has 1 atom stereocenters. The van der Waals surface area contributed by atoms with Crippen LogP contribution in [-0.4, -0.2) is 0 Å². The predicted molar refractivity (Wildman–Crippen MR) is 91.4 cm³/mol. The van der Waals surface area contributed by atoms with E-state index in [1.807, 2.05) is 0 Å². The van der Waals surface area contributed by atoms with Crippen LogP contribution in [-0.2, 0) is 6.42 Å². The van der Waals surface area contributed by atoms with E-state index in [9.17, 15) is 0 Å². The summed E-state index contributed by atoms with van der Waals surface area (Å²) >= 11 is 1.79. The summed E-state index contributed by atoms with van der Waals surface area (Å²) in [6.07, 6.45) is 2.02. The third kappa shape index (κ3) is 3.16. The molecule has 0 saturated carbocycles. The molecule has 3 N–H and O–H groups in total. The van der Waals surface area contributed by atoms with E-state index in [4.69, 9.17) is 5.84 Å². The molecule has 108 valence electrons. The second kappa shape index (κ2) is 6.39. The molecule has 1 aromatic heterocycles. The van der Waals surface area contributed by atoms with Crippen molar-refractivity contribution < 1.29 is 0 Å². The number of hydrogen-bond donors (Lipinski definition) is 2. The van der Waals surface area contributed by atoms with Gasteiger partial charge in [0.2, 0.25) is 0 Å². The highest BCUT2D eigenvalue weighted by Gasteiger charge is 2.13. The number of nitrogens with one attached hydrogen (secondary N) is 1. The SMILES string of the molecule is Cc1cccc(CCC(NN)c2cccc3ccsc23)c1. The fourth-order valence-electron chi connectivity index (χ4n) is 2.80. The van der Waals surface area contributed by atoms with Crippen LogP contribution in [0.1, 0.15) is 29.2 Å². The molecular formula is C18H20N2S. The lowest BCUT2D eigenvalue weighted by Crippen LogP contribution is -2.28. The Hall–Kier alpha value is -1.68. The van der Waals surface area contributed by atoms with E-state index in [1.54, 1.807) is 11.3 Å². The molecule has 0 aliphatic heterocycles. The van der Waals surface area contributed by atoms with Crippen LogP contribution in [0.5, 0.6) is 0 Å². The third-order valence-corrected chi connectivity index (χ3v) is 4.87. The first kappa shape index (κ1) is 14.3.